The lowest BCUT2D eigenvalue weighted by atomic mass is 9.89. The first-order valence-corrected chi connectivity index (χ1v) is 10.5. The van der Waals surface area contributed by atoms with Gasteiger partial charge < -0.3 is 15.5 Å². The summed E-state index contributed by atoms with van der Waals surface area (Å²) in [6.07, 6.45) is 6.73. The van der Waals surface area contributed by atoms with Gasteiger partial charge in [0.15, 0.2) is 0 Å². The van der Waals surface area contributed by atoms with Crippen molar-refractivity contribution in [2.45, 2.75) is 91.1 Å². The largest absolute Gasteiger partial charge is 0.352 e. The fourth-order valence-electron chi connectivity index (χ4n) is 3.99. The molecule has 0 spiro atoms. The minimum absolute atomic E-state index is 0.0443. The SMILES string of the molecule is C[C@@H](NC(=O)[C@H]1CCC(=O)N1)C1CCN(C(=O)CCCCC(C)(C)C)CC1. The average molecular weight is 380 g/mol. The van der Waals surface area contributed by atoms with Gasteiger partial charge in [-0.1, -0.05) is 27.2 Å². The van der Waals surface area contributed by atoms with Crippen LogP contribution in [0.3, 0.4) is 0 Å². The molecule has 2 N–H and O–H groups in total. The summed E-state index contributed by atoms with van der Waals surface area (Å²) in [6, 6.07) is -0.311. The molecule has 0 aromatic heterocycles. The zero-order valence-electron chi connectivity index (χ0n) is 17.5. The zero-order valence-corrected chi connectivity index (χ0v) is 17.5. The second-order valence-electron chi connectivity index (χ2n) is 9.44. The molecule has 0 aromatic carbocycles. The third-order valence-electron chi connectivity index (χ3n) is 5.85. The molecule has 2 saturated heterocycles. The maximum absolute atomic E-state index is 12.4. The fourth-order valence-corrected chi connectivity index (χ4v) is 3.99. The van der Waals surface area contributed by atoms with Gasteiger partial charge in [-0.15, -0.1) is 0 Å². The van der Waals surface area contributed by atoms with E-state index in [-0.39, 0.29) is 29.8 Å². The van der Waals surface area contributed by atoms with Crippen molar-refractivity contribution in [2.24, 2.45) is 11.3 Å². The van der Waals surface area contributed by atoms with Crippen molar-refractivity contribution in [1.82, 2.24) is 15.5 Å². The standard InChI is InChI=1S/C21H37N3O3/c1-15(22-20(27)17-8-9-18(25)23-17)16-10-13-24(14-11-16)19(26)7-5-6-12-21(2,3)4/h15-17H,5-14H2,1-4H3,(H,22,27)(H,23,25)/t15-,17-/m1/s1. The van der Waals surface area contributed by atoms with Crippen LogP contribution in [-0.2, 0) is 14.4 Å². The molecule has 0 unspecified atom stereocenters. The van der Waals surface area contributed by atoms with Gasteiger partial charge in [0.2, 0.25) is 17.7 Å². The molecular formula is C21H37N3O3. The van der Waals surface area contributed by atoms with Crippen LogP contribution in [-0.4, -0.2) is 47.8 Å². The highest BCUT2D eigenvalue weighted by Gasteiger charge is 2.31. The van der Waals surface area contributed by atoms with Gasteiger partial charge in [-0.25, -0.2) is 0 Å². The van der Waals surface area contributed by atoms with Crippen molar-refractivity contribution >= 4 is 17.7 Å². The summed E-state index contributed by atoms with van der Waals surface area (Å²) >= 11 is 0. The van der Waals surface area contributed by atoms with Crippen LogP contribution in [0.25, 0.3) is 0 Å². The second-order valence-corrected chi connectivity index (χ2v) is 9.44. The molecule has 6 heteroatoms. The lowest BCUT2D eigenvalue weighted by molar-refractivity contribution is -0.133. The summed E-state index contributed by atoms with van der Waals surface area (Å²) in [4.78, 5) is 37.9. The molecule has 154 valence electrons. The van der Waals surface area contributed by atoms with Crippen molar-refractivity contribution in [3.8, 4) is 0 Å². The fraction of sp³-hybridized carbons (Fsp3) is 0.857. The minimum atomic E-state index is -0.380. The van der Waals surface area contributed by atoms with Gasteiger partial charge in [-0.05, 0) is 50.4 Å². The van der Waals surface area contributed by atoms with E-state index in [1.807, 2.05) is 11.8 Å². The molecule has 2 aliphatic heterocycles. The van der Waals surface area contributed by atoms with E-state index in [4.69, 9.17) is 0 Å². The number of carbonyl (C=O) groups excluding carboxylic acids is 3. The summed E-state index contributed by atoms with van der Waals surface area (Å²) < 4.78 is 0. The van der Waals surface area contributed by atoms with Crippen molar-refractivity contribution in [2.75, 3.05) is 13.1 Å². The number of carbonyl (C=O) groups is 3. The second kappa shape index (κ2) is 9.56. The third-order valence-corrected chi connectivity index (χ3v) is 5.85. The Balaban J connectivity index is 1.66. The van der Waals surface area contributed by atoms with Crippen molar-refractivity contribution in [3.05, 3.63) is 0 Å². The molecule has 0 aromatic rings. The first-order valence-electron chi connectivity index (χ1n) is 10.5. The topological polar surface area (TPSA) is 78.5 Å². The van der Waals surface area contributed by atoms with Gasteiger partial charge in [0.1, 0.15) is 6.04 Å². The number of hydrogen-bond acceptors (Lipinski definition) is 3. The van der Waals surface area contributed by atoms with Crippen LogP contribution in [0, 0.1) is 11.3 Å². The van der Waals surface area contributed by atoms with E-state index < -0.39 is 0 Å². The van der Waals surface area contributed by atoms with E-state index in [0.29, 0.717) is 30.6 Å². The normalized spacial score (nSPS) is 22.4. The molecule has 6 nitrogen and oxygen atoms in total. The maximum Gasteiger partial charge on any atom is 0.242 e. The molecule has 2 atom stereocenters. The Morgan fingerprint density at radius 1 is 1.19 bits per heavy atom. The average Bonchev–Trinajstić information content (AvgIpc) is 3.04. The summed E-state index contributed by atoms with van der Waals surface area (Å²) in [5, 5.41) is 5.77. The Labute approximate surface area is 163 Å². The molecule has 0 saturated carbocycles. The third kappa shape index (κ3) is 7.15. The number of unbranched alkanes of at least 4 members (excludes halogenated alkanes) is 1. The summed E-state index contributed by atoms with van der Waals surface area (Å²) in [6.45, 7) is 10.3. The smallest absolute Gasteiger partial charge is 0.242 e. The van der Waals surface area contributed by atoms with Gasteiger partial charge in [0, 0.05) is 32.0 Å². The predicted molar refractivity (Wildman–Crippen MR) is 106 cm³/mol. The molecule has 3 amide bonds. The van der Waals surface area contributed by atoms with Crippen LogP contribution in [0.2, 0.25) is 0 Å². The number of nitrogens with zero attached hydrogens (tertiary/aromatic N) is 1. The highest BCUT2D eigenvalue weighted by Crippen LogP contribution is 2.24. The van der Waals surface area contributed by atoms with Gasteiger partial charge in [-0.2, -0.15) is 0 Å². The Hall–Kier alpha value is -1.59. The Kier molecular flexibility index (Phi) is 7.68. The van der Waals surface area contributed by atoms with Crippen LogP contribution < -0.4 is 10.6 Å². The van der Waals surface area contributed by atoms with Gasteiger partial charge in [0.25, 0.3) is 0 Å². The predicted octanol–water partition coefficient (Wildman–Crippen LogP) is 2.61. The summed E-state index contributed by atoms with van der Waals surface area (Å²) in [5.74, 6) is 0.534. The first-order chi connectivity index (χ1) is 12.7. The Morgan fingerprint density at radius 2 is 1.85 bits per heavy atom. The molecule has 0 radical (unpaired) electrons. The zero-order chi connectivity index (χ0) is 20.0. The minimum Gasteiger partial charge on any atom is -0.352 e. The van der Waals surface area contributed by atoms with Gasteiger partial charge in [0.05, 0.1) is 0 Å². The first kappa shape index (κ1) is 21.7. The van der Waals surface area contributed by atoms with E-state index in [9.17, 15) is 14.4 Å². The van der Waals surface area contributed by atoms with Crippen LogP contribution in [0.1, 0.15) is 79.1 Å². The van der Waals surface area contributed by atoms with Crippen molar-refractivity contribution in [1.29, 1.82) is 0 Å². The number of nitrogens with one attached hydrogen (secondary N) is 2. The molecular weight excluding hydrogens is 342 g/mol. The Morgan fingerprint density at radius 3 is 2.41 bits per heavy atom. The molecule has 2 aliphatic rings. The molecule has 2 fully saturated rings. The Bertz CT molecular complexity index is 533. The number of hydrogen-bond donors (Lipinski definition) is 2. The van der Waals surface area contributed by atoms with Crippen LogP contribution in [0.15, 0.2) is 0 Å². The highest BCUT2D eigenvalue weighted by atomic mass is 16.2. The molecule has 27 heavy (non-hydrogen) atoms. The van der Waals surface area contributed by atoms with E-state index in [0.717, 1.165) is 45.2 Å². The molecule has 2 heterocycles. The number of likely N-dealkylation sites (tertiary alicyclic amines) is 1. The summed E-state index contributed by atoms with van der Waals surface area (Å²) in [5.41, 5.74) is 0.337. The molecule has 0 aliphatic carbocycles. The molecule has 2 rings (SSSR count). The van der Waals surface area contributed by atoms with Crippen LogP contribution >= 0.6 is 0 Å². The van der Waals surface area contributed by atoms with E-state index >= 15 is 0 Å². The number of rotatable bonds is 7. The van der Waals surface area contributed by atoms with E-state index in [1.54, 1.807) is 0 Å². The van der Waals surface area contributed by atoms with Gasteiger partial charge in [-0.3, -0.25) is 14.4 Å². The van der Waals surface area contributed by atoms with E-state index in [1.165, 1.54) is 0 Å². The quantitative estimate of drug-likeness (QED) is 0.668. The van der Waals surface area contributed by atoms with Crippen LogP contribution in [0.4, 0.5) is 0 Å². The lowest BCUT2D eigenvalue weighted by Gasteiger charge is -2.35. The summed E-state index contributed by atoms with van der Waals surface area (Å²) in [7, 11) is 0. The number of piperidine rings is 1. The highest BCUT2D eigenvalue weighted by molar-refractivity contribution is 5.90. The number of amides is 3. The maximum atomic E-state index is 12.4. The lowest BCUT2D eigenvalue weighted by Crippen LogP contribution is -2.49. The van der Waals surface area contributed by atoms with E-state index in [2.05, 4.69) is 31.4 Å². The van der Waals surface area contributed by atoms with Gasteiger partial charge >= 0.3 is 0 Å². The van der Waals surface area contributed by atoms with Crippen LogP contribution in [0.5, 0.6) is 0 Å². The van der Waals surface area contributed by atoms with Crippen molar-refractivity contribution < 1.29 is 14.4 Å². The van der Waals surface area contributed by atoms with Crippen molar-refractivity contribution in [3.63, 3.8) is 0 Å². The monoisotopic (exact) mass is 379 g/mol. The molecule has 0 bridgehead atoms.